The molecule has 1 N–H and O–H groups in total. The van der Waals surface area contributed by atoms with E-state index in [-0.39, 0.29) is 11.7 Å². The lowest BCUT2D eigenvalue weighted by Crippen LogP contribution is -2.14. The first-order valence-electron chi connectivity index (χ1n) is 9.89. The van der Waals surface area contributed by atoms with Crippen molar-refractivity contribution in [2.75, 3.05) is 11.1 Å². The first kappa shape index (κ1) is 21.6. The third-order valence-electron chi connectivity index (χ3n) is 4.73. The number of nitriles is 1. The Labute approximate surface area is 195 Å². The van der Waals surface area contributed by atoms with Crippen molar-refractivity contribution < 1.29 is 4.79 Å². The summed E-state index contributed by atoms with van der Waals surface area (Å²) in [6, 6.07) is 30.5. The summed E-state index contributed by atoms with van der Waals surface area (Å²) in [5.74, 6) is -0.0483. The van der Waals surface area contributed by atoms with Crippen LogP contribution in [0, 0.1) is 11.3 Å². The molecule has 4 rings (SSSR count). The van der Waals surface area contributed by atoms with Gasteiger partial charge in [0.2, 0.25) is 5.91 Å². The molecule has 0 aliphatic heterocycles. The summed E-state index contributed by atoms with van der Waals surface area (Å²) in [4.78, 5) is 17.2. The molecule has 6 heteroatoms. The SMILES string of the molecule is N#Cc1c(-c2ccccc2Cl)cc(-c2ccccc2)nc1SCC(=O)Nc1ccccc1. The number of pyridine rings is 1. The molecule has 3 aromatic carbocycles. The number of rotatable bonds is 6. The molecule has 1 aromatic heterocycles. The van der Waals surface area contributed by atoms with Crippen LogP contribution in [0.5, 0.6) is 0 Å². The summed E-state index contributed by atoms with van der Waals surface area (Å²) in [7, 11) is 0. The molecule has 0 fully saturated rings. The number of amides is 1. The second-order valence-corrected chi connectivity index (χ2v) is 8.27. The van der Waals surface area contributed by atoms with Crippen LogP contribution in [-0.4, -0.2) is 16.6 Å². The maximum atomic E-state index is 12.5. The van der Waals surface area contributed by atoms with Crippen molar-refractivity contribution in [1.82, 2.24) is 4.98 Å². The van der Waals surface area contributed by atoms with Crippen LogP contribution in [0.15, 0.2) is 96.0 Å². The number of hydrogen-bond acceptors (Lipinski definition) is 4. The van der Waals surface area contributed by atoms with Gasteiger partial charge in [0.15, 0.2) is 0 Å². The predicted octanol–water partition coefficient (Wildman–Crippen LogP) is 6.67. The first-order chi connectivity index (χ1) is 15.7. The average molecular weight is 456 g/mol. The Bertz CT molecular complexity index is 1290. The minimum atomic E-state index is -0.170. The van der Waals surface area contributed by atoms with E-state index in [2.05, 4.69) is 11.4 Å². The van der Waals surface area contributed by atoms with Gasteiger partial charge in [-0.2, -0.15) is 5.26 Å². The molecule has 0 bridgehead atoms. The van der Waals surface area contributed by atoms with Gasteiger partial charge in [0.25, 0.3) is 0 Å². The fraction of sp³-hybridized carbons (Fsp3) is 0.0385. The zero-order valence-corrected chi connectivity index (χ0v) is 18.5. The normalized spacial score (nSPS) is 10.4. The van der Waals surface area contributed by atoms with Crippen LogP contribution >= 0.6 is 23.4 Å². The highest BCUT2D eigenvalue weighted by Gasteiger charge is 2.18. The Hall–Kier alpha value is -3.59. The molecule has 0 unspecified atom stereocenters. The number of thioether (sulfide) groups is 1. The van der Waals surface area contributed by atoms with Crippen LogP contribution in [0.4, 0.5) is 5.69 Å². The summed E-state index contributed by atoms with van der Waals surface area (Å²) in [5, 5.41) is 13.9. The molecule has 0 aliphatic rings. The second kappa shape index (κ2) is 10.1. The van der Waals surface area contributed by atoms with E-state index in [0.717, 1.165) is 16.8 Å². The summed E-state index contributed by atoms with van der Waals surface area (Å²) < 4.78 is 0. The summed E-state index contributed by atoms with van der Waals surface area (Å²) in [6.45, 7) is 0. The number of aromatic nitrogens is 1. The van der Waals surface area contributed by atoms with Crippen molar-refractivity contribution in [2.24, 2.45) is 0 Å². The van der Waals surface area contributed by atoms with Crippen molar-refractivity contribution in [3.8, 4) is 28.5 Å². The topological polar surface area (TPSA) is 65.8 Å². The number of nitrogens with zero attached hydrogens (tertiary/aromatic N) is 2. The van der Waals surface area contributed by atoms with Crippen LogP contribution in [0.1, 0.15) is 5.56 Å². The van der Waals surface area contributed by atoms with E-state index >= 15 is 0 Å². The number of para-hydroxylation sites is 1. The van der Waals surface area contributed by atoms with Gasteiger partial charge in [-0.1, -0.05) is 90.1 Å². The van der Waals surface area contributed by atoms with Gasteiger partial charge in [-0.15, -0.1) is 0 Å². The van der Waals surface area contributed by atoms with Gasteiger partial charge < -0.3 is 5.32 Å². The fourth-order valence-electron chi connectivity index (χ4n) is 3.24. The number of carbonyl (C=O) groups excluding carboxylic acids is 1. The van der Waals surface area contributed by atoms with Crippen LogP contribution in [-0.2, 0) is 4.79 Å². The lowest BCUT2D eigenvalue weighted by Gasteiger charge is -2.13. The summed E-state index contributed by atoms with van der Waals surface area (Å²) >= 11 is 7.69. The molecule has 156 valence electrons. The van der Waals surface area contributed by atoms with Gasteiger partial charge >= 0.3 is 0 Å². The van der Waals surface area contributed by atoms with E-state index in [1.165, 1.54) is 11.8 Å². The molecule has 1 amide bonds. The zero-order valence-electron chi connectivity index (χ0n) is 17.0. The standard InChI is InChI=1S/C26H18ClN3OS/c27-23-14-8-7-13-20(23)21-15-24(18-9-3-1-4-10-18)30-26(22(21)16-28)32-17-25(31)29-19-11-5-2-6-12-19/h1-15H,17H2,(H,29,31). The third-order valence-corrected chi connectivity index (χ3v) is 6.03. The van der Waals surface area contributed by atoms with E-state index in [9.17, 15) is 10.1 Å². The van der Waals surface area contributed by atoms with Crippen LogP contribution < -0.4 is 5.32 Å². The second-order valence-electron chi connectivity index (χ2n) is 6.90. The zero-order chi connectivity index (χ0) is 22.3. The van der Waals surface area contributed by atoms with E-state index in [4.69, 9.17) is 16.6 Å². The van der Waals surface area contributed by atoms with Crippen molar-refractivity contribution in [3.63, 3.8) is 0 Å². The smallest absolute Gasteiger partial charge is 0.234 e. The van der Waals surface area contributed by atoms with Crippen LogP contribution in [0.25, 0.3) is 22.4 Å². The number of hydrogen-bond donors (Lipinski definition) is 1. The molecule has 0 saturated carbocycles. The monoisotopic (exact) mass is 455 g/mol. The predicted molar refractivity (Wildman–Crippen MR) is 131 cm³/mol. The maximum Gasteiger partial charge on any atom is 0.234 e. The lowest BCUT2D eigenvalue weighted by molar-refractivity contribution is -0.113. The molecule has 1 heterocycles. The van der Waals surface area contributed by atoms with E-state index in [0.29, 0.717) is 26.9 Å². The summed E-state index contributed by atoms with van der Waals surface area (Å²) in [5.41, 5.74) is 4.20. The quantitative estimate of drug-likeness (QED) is 0.329. The van der Waals surface area contributed by atoms with Crippen LogP contribution in [0.3, 0.4) is 0 Å². The molecular formula is C26H18ClN3OS. The van der Waals surface area contributed by atoms with Crippen molar-refractivity contribution in [1.29, 1.82) is 5.26 Å². The molecule has 4 nitrogen and oxygen atoms in total. The van der Waals surface area contributed by atoms with Crippen LogP contribution in [0.2, 0.25) is 5.02 Å². The van der Waals surface area contributed by atoms with Gasteiger partial charge in [0.1, 0.15) is 11.1 Å². The molecule has 4 aromatic rings. The first-order valence-corrected chi connectivity index (χ1v) is 11.2. The number of anilines is 1. The average Bonchev–Trinajstić information content (AvgIpc) is 2.83. The molecule has 32 heavy (non-hydrogen) atoms. The number of benzene rings is 3. The lowest BCUT2D eigenvalue weighted by atomic mass is 9.99. The van der Waals surface area contributed by atoms with Crippen molar-refractivity contribution in [2.45, 2.75) is 5.03 Å². The Morgan fingerprint density at radius 3 is 2.28 bits per heavy atom. The Balaban J connectivity index is 1.72. The Kier molecular flexibility index (Phi) is 6.86. The fourth-order valence-corrected chi connectivity index (χ4v) is 4.28. The van der Waals surface area contributed by atoms with E-state index in [1.54, 1.807) is 6.07 Å². The Morgan fingerprint density at radius 2 is 1.59 bits per heavy atom. The van der Waals surface area contributed by atoms with Gasteiger partial charge in [-0.3, -0.25) is 4.79 Å². The van der Waals surface area contributed by atoms with Gasteiger partial charge in [0.05, 0.1) is 17.0 Å². The summed E-state index contributed by atoms with van der Waals surface area (Å²) in [6.07, 6.45) is 0. The molecule has 0 spiro atoms. The molecule has 0 saturated heterocycles. The van der Waals surface area contributed by atoms with E-state index < -0.39 is 0 Å². The van der Waals surface area contributed by atoms with Gasteiger partial charge in [-0.05, 0) is 24.3 Å². The largest absolute Gasteiger partial charge is 0.325 e. The van der Waals surface area contributed by atoms with E-state index in [1.807, 2.05) is 84.9 Å². The molecule has 0 aliphatic carbocycles. The minimum Gasteiger partial charge on any atom is -0.325 e. The number of carbonyl (C=O) groups is 1. The highest BCUT2D eigenvalue weighted by Crippen LogP contribution is 2.37. The maximum absolute atomic E-state index is 12.5. The number of halogens is 1. The highest BCUT2D eigenvalue weighted by molar-refractivity contribution is 8.00. The van der Waals surface area contributed by atoms with Crippen molar-refractivity contribution in [3.05, 3.63) is 102 Å². The minimum absolute atomic E-state index is 0.122. The highest BCUT2D eigenvalue weighted by atomic mass is 35.5. The van der Waals surface area contributed by atoms with Gasteiger partial charge in [0, 0.05) is 27.4 Å². The van der Waals surface area contributed by atoms with Crippen molar-refractivity contribution >= 4 is 35.0 Å². The molecular weight excluding hydrogens is 438 g/mol. The molecule has 0 radical (unpaired) electrons. The number of nitrogens with one attached hydrogen (secondary N) is 1. The molecule has 0 atom stereocenters. The van der Waals surface area contributed by atoms with Gasteiger partial charge in [-0.25, -0.2) is 4.98 Å². The third kappa shape index (κ3) is 5.00. The Morgan fingerprint density at radius 1 is 0.938 bits per heavy atom.